The van der Waals surface area contributed by atoms with Crippen LogP contribution in [0.2, 0.25) is 18.1 Å². The number of urea groups is 1. The second-order valence-corrected chi connectivity index (χ2v) is 16.6. The molecule has 0 aliphatic carbocycles. The number of pyridine rings is 2. The molecule has 2 aromatic rings. The van der Waals surface area contributed by atoms with Gasteiger partial charge in [0.25, 0.3) is 0 Å². The van der Waals surface area contributed by atoms with Gasteiger partial charge in [0, 0.05) is 38.8 Å². The fraction of sp³-hybridized carbons (Fsp3) is 0.586. The second-order valence-electron chi connectivity index (χ2n) is 11.8. The molecular weight excluding hydrogens is 542 g/mol. The fourth-order valence-electron chi connectivity index (χ4n) is 4.52. The Bertz CT molecular complexity index is 1280. The minimum Gasteiger partial charge on any atom is -0.486 e. The van der Waals surface area contributed by atoms with Crippen LogP contribution < -0.4 is 15.0 Å². The van der Waals surface area contributed by atoms with Crippen LogP contribution in [0.25, 0.3) is 0 Å². The molecule has 1 N–H and O–H groups in total. The zero-order valence-electron chi connectivity index (χ0n) is 25.1. The Morgan fingerprint density at radius 2 is 2.05 bits per heavy atom. The molecule has 1 atom stereocenters. The van der Waals surface area contributed by atoms with E-state index in [9.17, 15) is 10.1 Å². The Labute approximate surface area is 243 Å². The van der Waals surface area contributed by atoms with Gasteiger partial charge in [0.05, 0.1) is 26.0 Å². The molecule has 2 amide bonds. The smallest absolute Gasteiger partial charge is 0.328 e. The zero-order chi connectivity index (χ0) is 29.8. The van der Waals surface area contributed by atoms with Crippen molar-refractivity contribution in [1.82, 2.24) is 9.97 Å². The molecular formula is C29H41N5O6Si. The molecule has 222 valence electrons. The number of methoxy groups -OCH3 is 2. The Morgan fingerprint density at radius 3 is 2.68 bits per heavy atom. The Morgan fingerprint density at radius 1 is 1.29 bits per heavy atom. The number of carbonyl (C=O) groups is 1. The lowest BCUT2D eigenvalue weighted by molar-refractivity contribution is -0.109. The Balaban J connectivity index is 1.60. The second kappa shape index (κ2) is 12.8. The average Bonchev–Trinajstić information content (AvgIpc) is 3.45. The number of ether oxygens (including phenoxy) is 4. The topological polar surface area (TPSA) is 128 Å². The summed E-state index contributed by atoms with van der Waals surface area (Å²) in [7, 11) is 1.10. The van der Waals surface area contributed by atoms with Crippen molar-refractivity contribution in [2.24, 2.45) is 0 Å². The first-order valence-corrected chi connectivity index (χ1v) is 16.8. The van der Waals surface area contributed by atoms with Gasteiger partial charge in [-0.15, -0.1) is 0 Å². The van der Waals surface area contributed by atoms with Crippen molar-refractivity contribution in [3.8, 4) is 11.8 Å². The van der Waals surface area contributed by atoms with E-state index in [1.165, 1.54) is 6.20 Å². The minimum atomic E-state index is -2.03. The third-order valence-electron chi connectivity index (χ3n) is 7.97. The third kappa shape index (κ3) is 7.05. The van der Waals surface area contributed by atoms with Crippen LogP contribution >= 0.6 is 0 Å². The number of nitrogens with zero attached hydrogens (tertiary/aromatic N) is 4. The first-order chi connectivity index (χ1) is 19.5. The monoisotopic (exact) mass is 583 g/mol. The normalized spacial score (nSPS) is 17.3. The molecule has 11 nitrogen and oxygen atoms in total. The van der Waals surface area contributed by atoms with Crippen molar-refractivity contribution in [2.45, 2.75) is 77.2 Å². The summed E-state index contributed by atoms with van der Waals surface area (Å²) in [6.45, 7) is 13.0. The number of nitriles is 1. The van der Waals surface area contributed by atoms with Gasteiger partial charge in [-0.2, -0.15) is 5.26 Å². The van der Waals surface area contributed by atoms with E-state index in [0.29, 0.717) is 49.2 Å². The van der Waals surface area contributed by atoms with E-state index in [4.69, 9.17) is 28.4 Å². The highest BCUT2D eigenvalue weighted by Gasteiger charge is 2.38. The van der Waals surface area contributed by atoms with Crippen LogP contribution in [0.4, 0.5) is 16.4 Å². The van der Waals surface area contributed by atoms with E-state index in [1.54, 1.807) is 25.2 Å². The summed E-state index contributed by atoms with van der Waals surface area (Å²) in [6.07, 6.45) is 2.83. The quantitative estimate of drug-likeness (QED) is 0.308. The molecule has 0 unspecified atom stereocenters. The molecule has 0 spiro atoms. The molecule has 41 heavy (non-hydrogen) atoms. The highest BCUT2D eigenvalue weighted by atomic mass is 28.4. The van der Waals surface area contributed by atoms with Crippen molar-refractivity contribution in [2.75, 3.05) is 44.2 Å². The van der Waals surface area contributed by atoms with Gasteiger partial charge >= 0.3 is 6.03 Å². The molecule has 0 aromatic carbocycles. The molecule has 0 radical (unpaired) electrons. The van der Waals surface area contributed by atoms with Crippen molar-refractivity contribution in [3.63, 3.8) is 0 Å². The third-order valence-corrected chi connectivity index (χ3v) is 12.4. The summed E-state index contributed by atoms with van der Waals surface area (Å²) in [5.41, 5.74) is 2.71. The summed E-state index contributed by atoms with van der Waals surface area (Å²) in [5, 5.41) is 12.4. The largest absolute Gasteiger partial charge is 0.486 e. The molecule has 1 saturated heterocycles. The highest BCUT2D eigenvalue weighted by molar-refractivity contribution is 6.74. The van der Waals surface area contributed by atoms with Gasteiger partial charge in [-0.3, -0.25) is 10.2 Å². The number of fused-ring (bicyclic) bond motifs is 1. The summed E-state index contributed by atoms with van der Waals surface area (Å²) in [6, 6.07) is 5.35. The van der Waals surface area contributed by atoms with Crippen LogP contribution in [-0.4, -0.2) is 64.4 Å². The maximum absolute atomic E-state index is 13.5. The van der Waals surface area contributed by atoms with Crippen molar-refractivity contribution >= 4 is 26.0 Å². The molecule has 12 heteroatoms. The number of carbonyl (C=O) groups excluding carboxylic acids is 1. The molecule has 4 heterocycles. The van der Waals surface area contributed by atoms with Gasteiger partial charge in [-0.25, -0.2) is 14.8 Å². The molecule has 2 aliphatic rings. The predicted octanol–water partition coefficient (Wildman–Crippen LogP) is 5.31. The number of aryl methyl sites for hydroxylation is 1. The van der Waals surface area contributed by atoms with Crippen LogP contribution in [-0.2, 0) is 31.7 Å². The van der Waals surface area contributed by atoms with E-state index in [-0.39, 0.29) is 23.0 Å². The average molecular weight is 584 g/mol. The summed E-state index contributed by atoms with van der Waals surface area (Å²) < 4.78 is 29.1. The van der Waals surface area contributed by atoms with Crippen LogP contribution in [0, 0.1) is 11.3 Å². The number of hydrogen-bond donors (Lipinski definition) is 1. The van der Waals surface area contributed by atoms with Gasteiger partial charge < -0.3 is 23.4 Å². The van der Waals surface area contributed by atoms with E-state index < -0.39 is 14.6 Å². The zero-order valence-corrected chi connectivity index (χ0v) is 26.1. The number of anilines is 2. The van der Waals surface area contributed by atoms with Crippen molar-refractivity contribution in [3.05, 3.63) is 40.7 Å². The Kier molecular flexibility index (Phi) is 9.66. The molecule has 1 fully saturated rings. The highest BCUT2D eigenvalue weighted by Crippen LogP contribution is 2.38. The van der Waals surface area contributed by atoms with Gasteiger partial charge in [-0.1, -0.05) is 20.8 Å². The maximum Gasteiger partial charge on any atom is 0.328 e. The number of amides is 2. The van der Waals surface area contributed by atoms with Crippen LogP contribution in [0.5, 0.6) is 5.75 Å². The SMILES string of the molecule is COC(OC)c1nc2c(cc1CO[Si](C)(C)C(C)(C)C)CCCN2C(=O)Nc1cc(O[C@@H]2CCOC2)c(C#N)cn1. The number of nitrogens with one attached hydrogen (secondary N) is 1. The minimum absolute atomic E-state index is 0.0564. The molecule has 4 rings (SSSR count). The molecule has 2 aromatic heterocycles. The lowest BCUT2D eigenvalue weighted by atomic mass is 10.0. The van der Waals surface area contributed by atoms with E-state index >= 15 is 0 Å². The predicted molar refractivity (Wildman–Crippen MR) is 156 cm³/mol. The van der Waals surface area contributed by atoms with Crippen LogP contribution in [0.3, 0.4) is 0 Å². The number of hydrogen-bond acceptors (Lipinski definition) is 9. The van der Waals surface area contributed by atoms with Gasteiger partial charge in [0.15, 0.2) is 8.32 Å². The Hall–Kier alpha value is -3.08. The number of rotatable bonds is 9. The van der Waals surface area contributed by atoms with E-state index in [0.717, 1.165) is 30.4 Å². The van der Waals surface area contributed by atoms with Crippen molar-refractivity contribution in [1.29, 1.82) is 5.26 Å². The fourth-order valence-corrected chi connectivity index (χ4v) is 5.47. The first-order valence-electron chi connectivity index (χ1n) is 13.9. The van der Waals surface area contributed by atoms with Crippen LogP contribution in [0.15, 0.2) is 18.3 Å². The molecule has 2 aliphatic heterocycles. The lowest BCUT2D eigenvalue weighted by Gasteiger charge is -2.36. The molecule has 0 bridgehead atoms. The van der Waals surface area contributed by atoms with E-state index in [2.05, 4.69) is 56.3 Å². The summed E-state index contributed by atoms with van der Waals surface area (Å²) in [4.78, 5) is 24.3. The number of aromatic nitrogens is 2. The first kappa shape index (κ1) is 30.9. The van der Waals surface area contributed by atoms with Gasteiger partial charge in [0.2, 0.25) is 6.29 Å². The van der Waals surface area contributed by atoms with Gasteiger partial charge in [0.1, 0.15) is 40.8 Å². The van der Waals surface area contributed by atoms with Crippen LogP contribution in [0.1, 0.15) is 62.3 Å². The standard InChI is InChI=1S/C29H41N5O6Si/c1-29(2,3)41(6,7)39-17-20-13-19-9-8-11-34(26(19)33-25(20)27(36-4)37-5)28(35)32-24-14-23(21(15-30)16-31-24)40-22-10-12-38-18-22/h13-14,16,22,27H,8-12,17-18H2,1-7H3,(H,31,32,35)/t22-/m1/s1. The lowest BCUT2D eigenvalue weighted by Crippen LogP contribution is -2.41. The molecule has 0 saturated carbocycles. The van der Waals surface area contributed by atoms with E-state index in [1.807, 2.05) is 0 Å². The van der Waals surface area contributed by atoms with Gasteiger partial charge in [-0.05, 0) is 42.6 Å². The summed E-state index contributed by atoms with van der Waals surface area (Å²) in [5.74, 6) is 1.19. The maximum atomic E-state index is 13.5. The summed E-state index contributed by atoms with van der Waals surface area (Å²) >= 11 is 0. The van der Waals surface area contributed by atoms with Crippen molar-refractivity contribution < 1.29 is 28.2 Å².